The highest BCUT2D eigenvalue weighted by Crippen LogP contribution is 2.23. The van der Waals surface area contributed by atoms with Gasteiger partial charge in [0.2, 0.25) is 0 Å². The minimum atomic E-state index is -0.300. The third-order valence-electron chi connectivity index (χ3n) is 3.80. The van der Waals surface area contributed by atoms with E-state index in [1.165, 1.54) is 0 Å². The Morgan fingerprint density at radius 3 is 2.83 bits per heavy atom. The maximum absolute atomic E-state index is 12.2. The van der Waals surface area contributed by atoms with Crippen LogP contribution in [0.25, 0.3) is 0 Å². The van der Waals surface area contributed by atoms with Crippen molar-refractivity contribution < 1.29 is 4.79 Å². The highest BCUT2D eigenvalue weighted by Gasteiger charge is 2.19. The first kappa shape index (κ1) is 17.7. The second-order valence-corrected chi connectivity index (χ2v) is 5.91. The van der Waals surface area contributed by atoms with Gasteiger partial charge in [0.05, 0.1) is 22.9 Å². The third-order valence-corrected chi connectivity index (χ3v) is 4.11. The molecular formula is C15H19Cl2N5O. The molecule has 1 aromatic heterocycles. The molecule has 1 aliphatic heterocycles. The standard InChI is InChI=1S/C15H18ClN5O.ClH/c1-10-2-3-13(12(16)8-10)18-15(22)14-9-21(20-19-14)11-4-6-17-7-5-11;/h2-3,8-9,11,17H,4-7H2,1H3,(H,18,22);1H. The molecule has 1 fully saturated rings. The molecule has 6 nitrogen and oxygen atoms in total. The Bertz CT molecular complexity index is 682. The molecule has 0 bridgehead atoms. The normalized spacial score (nSPS) is 15.0. The van der Waals surface area contributed by atoms with Gasteiger partial charge in [0.25, 0.3) is 5.91 Å². The van der Waals surface area contributed by atoms with E-state index in [0.29, 0.717) is 22.4 Å². The van der Waals surface area contributed by atoms with Crippen molar-refractivity contribution in [1.82, 2.24) is 20.3 Å². The molecule has 1 aliphatic rings. The van der Waals surface area contributed by atoms with Gasteiger partial charge in [-0.3, -0.25) is 4.79 Å². The average Bonchev–Trinajstić information content (AvgIpc) is 3.01. The number of benzene rings is 1. The number of piperidine rings is 1. The van der Waals surface area contributed by atoms with Crippen molar-refractivity contribution in [3.63, 3.8) is 0 Å². The molecule has 2 N–H and O–H groups in total. The Morgan fingerprint density at radius 1 is 1.39 bits per heavy atom. The number of nitrogens with one attached hydrogen (secondary N) is 2. The fraction of sp³-hybridized carbons (Fsp3) is 0.400. The van der Waals surface area contributed by atoms with Crippen LogP contribution in [0.4, 0.5) is 5.69 Å². The van der Waals surface area contributed by atoms with Crippen LogP contribution in [0.1, 0.15) is 34.9 Å². The summed E-state index contributed by atoms with van der Waals surface area (Å²) in [5, 5.41) is 14.6. The lowest BCUT2D eigenvalue weighted by Crippen LogP contribution is -2.29. The predicted octanol–water partition coefficient (Wildman–Crippen LogP) is 2.84. The van der Waals surface area contributed by atoms with E-state index in [2.05, 4.69) is 20.9 Å². The van der Waals surface area contributed by atoms with E-state index in [0.717, 1.165) is 31.5 Å². The Morgan fingerprint density at radius 2 is 2.13 bits per heavy atom. The third kappa shape index (κ3) is 4.22. The zero-order valence-corrected chi connectivity index (χ0v) is 14.3. The van der Waals surface area contributed by atoms with Crippen LogP contribution < -0.4 is 10.6 Å². The number of aryl methyl sites for hydroxylation is 1. The molecule has 0 unspecified atom stereocenters. The first-order chi connectivity index (χ1) is 10.6. The van der Waals surface area contributed by atoms with Crippen LogP contribution in [0.2, 0.25) is 5.02 Å². The lowest BCUT2D eigenvalue weighted by atomic mass is 10.1. The zero-order valence-electron chi connectivity index (χ0n) is 12.8. The van der Waals surface area contributed by atoms with E-state index in [1.807, 2.05) is 19.1 Å². The lowest BCUT2D eigenvalue weighted by Gasteiger charge is -2.22. The summed E-state index contributed by atoms with van der Waals surface area (Å²) in [4.78, 5) is 12.2. The van der Waals surface area contributed by atoms with Gasteiger partial charge >= 0.3 is 0 Å². The molecule has 8 heteroatoms. The molecule has 2 aromatic rings. The summed E-state index contributed by atoms with van der Waals surface area (Å²) in [5.41, 5.74) is 1.92. The summed E-state index contributed by atoms with van der Waals surface area (Å²) in [6.45, 7) is 3.87. The van der Waals surface area contributed by atoms with Crippen LogP contribution in [-0.4, -0.2) is 34.0 Å². The summed E-state index contributed by atoms with van der Waals surface area (Å²) in [6.07, 6.45) is 3.69. The summed E-state index contributed by atoms with van der Waals surface area (Å²) in [6, 6.07) is 5.79. The molecule has 0 atom stereocenters. The van der Waals surface area contributed by atoms with Gasteiger partial charge in [-0.2, -0.15) is 0 Å². The molecule has 0 spiro atoms. The molecule has 2 heterocycles. The van der Waals surface area contributed by atoms with E-state index < -0.39 is 0 Å². The molecule has 124 valence electrons. The van der Waals surface area contributed by atoms with Crippen LogP contribution in [-0.2, 0) is 0 Å². The van der Waals surface area contributed by atoms with Crippen LogP contribution in [0.3, 0.4) is 0 Å². The molecule has 1 amide bonds. The first-order valence-electron chi connectivity index (χ1n) is 7.33. The molecule has 23 heavy (non-hydrogen) atoms. The zero-order chi connectivity index (χ0) is 15.5. The van der Waals surface area contributed by atoms with Crippen LogP contribution in [0, 0.1) is 6.92 Å². The van der Waals surface area contributed by atoms with Gasteiger partial charge in [-0.15, -0.1) is 17.5 Å². The second-order valence-electron chi connectivity index (χ2n) is 5.50. The number of aromatic nitrogens is 3. The maximum atomic E-state index is 12.2. The van der Waals surface area contributed by atoms with E-state index in [9.17, 15) is 4.79 Å². The monoisotopic (exact) mass is 355 g/mol. The highest BCUT2D eigenvalue weighted by atomic mass is 35.5. The lowest BCUT2D eigenvalue weighted by molar-refractivity contribution is 0.102. The van der Waals surface area contributed by atoms with E-state index in [-0.39, 0.29) is 18.3 Å². The summed E-state index contributed by atoms with van der Waals surface area (Å²) >= 11 is 6.13. The van der Waals surface area contributed by atoms with Gasteiger partial charge in [0.15, 0.2) is 5.69 Å². The summed E-state index contributed by atoms with van der Waals surface area (Å²) in [5.74, 6) is -0.300. The summed E-state index contributed by atoms with van der Waals surface area (Å²) < 4.78 is 1.78. The first-order valence-corrected chi connectivity index (χ1v) is 7.71. The second kappa shape index (κ2) is 7.77. The van der Waals surface area contributed by atoms with Crippen molar-refractivity contribution in [2.75, 3.05) is 18.4 Å². The minimum Gasteiger partial charge on any atom is -0.319 e. The van der Waals surface area contributed by atoms with E-state index >= 15 is 0 Å². The van der Waals surface area contributed by atoms with Gasteiger partial charge in [-0.25, -0.2) is 4.68 Å². The van der Waals surface area contributed by atoms with Gasteiger partial charge in [-0.1, -0.05) is 22.9 Å². The smallest absolute Gasteiger partial charge is 0.277 e. The van der Waals surface area contributed by atoms with Crippen molar-refractivity contribution in [2.45, 2.75) is 25.8 Å². The minimum absolute atomic E-state index is 0. The largest absolute Gasteiger partial charge is 0.319 e. The number of hydrogen-bond acceptors (Lipinski definition) is 4. The van der Waals surface area contributed by atoms with Crippen molar-refractivity contribution in [3.05, 3.63) is 40.7 Å². The SMILES string of the molecule is Cc1ccc(NC(=O)c2cn(C3CCNCC3)nn2)c(Cl)c1.Cl. The molecule has 0 aliphatic carbocycles. The predicted molar refractivity (Wildman–Crippen MR) is 92.6 cm³/mol. The molecule has 0 saturated carbocycles. The van der Waals surface area contributed by atoms with Gasteiger partial charge in [0.1, 0.15) is 0 Å². The molecule has 1 saturated heterocycles. The van der Waals surface area contributed by atoms with E-state index in [1.54, 1.807) is 16.9 Å². The Labute approximate surface area is 146 Å². The Hall–Kier alpha value is -1.63. The topological polar surface area (TPSA) is 71.8 Å². The van der Waals surface area contributed by atoms with Gasteiger partial charge in [0, 0.05) is 0 Å². The Kier molecular flexibility index (Phi) is 5.98. The number of halogens is 2. The molecule has 3 rings (SSSR count). The maximum Gasteiger partial charge on any atom is 0.277 e. The number of carbonyl (C=O) groups is 1. The van der Waals surface area contributed by atoms with Crippen LogP contribution in [0.15, 0.2) is 24.4 Å². The summed E-state index contributed by atoms with van der Waals surface area (Å²) in [7, 11) is 0. The molecule has 0 radical (unpaired) electrons. The fourth-order valence-corrected chi connectivity index (χ4v) is 2.82. The number of anilines is 1. The fourth-order valence-electron chi connectivity index (χ4n) is 2.54. The highest BCUT2D eigenvalue weighted by molar-refractivity contribution is 6.34. The van der Waals surface area contributed by atoms with Gasteiger partial charge in [-0.05, 0) is 50.6 Å². The van der Waals surface area contributed by atoms with Crippen LogP contribution in [0.5, 0.6) is 0 Å². The van der Waals surface area contributed by atoms with Crippen molar-refractivity contribution in [2.24, 2.45) is 0 Å². The quantitative estimate of drug-likeness (QED) is 0.887. The Balaban J connectivity index is 0.00000192. The molecule has 1 aromatic carbocycles. The van der Waals surface area contributed by atoms with Crippen LogP contribution >= 0.6 is 24.0 Å². The van der Waals surface area contributed by atoms with Gasteiger partial charge < -0.3 is 10.6 Å². The number of carbonyl (C=O) groups excluding carboxylic acids is 1. The number of rotatable bonds is 3. The van der Waals surface area contributed by atoms with Crippen molar-refractivity contribution >= 4 is 35.6 Å². The van der Waals surface area contributed by atoms with Crippen molar-refractivity contribution in [1.29, 1.82) is 0 Å². The number of nitrogens with zero attached hydrogens (tertiary/aromatic N) is 3. The number of amides is 1. The molecular weight excluding hydrogens is 337 g/mol. The average molecular weight is 356 g/mol. The van der Waals surface area contributed by atoms with E-state index in [4.69, 9.17) is 11.6 Å². The van der Waals surface area contributed by atoms with Crippen molar-refractivity contribution in [3.8, 4) is 0 Å². The number of hydrogen-bond donors (Lipinski definition) is 2.